The maximum atomic E-state index is 5.13. The van der Waals surface area contributed by atoms with Crippen LogP contribution in [-0.2, 0) is 0 Å². The summed E-state index contributed by atoms with van der Waals surface area (Å²) in [4.78, 5) is 17.5. The topological polar surface area (TPSA) is 74.1 Å². The van der Waals surface area contributed by atoms with Gasteiger partial charge in [0, 0.05) is 39.3 Å². The number of nitrogens with zero attached hydrogens (tertiary/aromatic N) is 4. The van der Waals surface area contributed by atoms with E-state index in [0.717, 1.165) is 50.7 Å². The third-order valence-electron chi connectivity index (χ3n) is 10.4. The molecule has 6 heteroatoms. The third-order valence-corrected chi connectivity index (χ3v) is 10.4. The van der Waals surface area contributed by atoms with Crippen LogP contribution in [-0.4, -0.2) is 16.7 Å². The van der Waals surface area contributed by atoms with Crippen molar-refractivity contribution in [2.45, 2.75) is 12.3 Å². The van der Waals surface area contributed by atoms with Crippen LogP contribution < -0.4 is 15.5 Å². The van der Waals surface area contributed by atoms with Crippen molar-refractivity contribution in [1.82, 2.24) is 4.98 Å². The van der Waals surface area contributed by atoms with Crippen molar-refractivity contribution in [1.29, 1.82) is 0 Å². The van der Waals surface area contributed by atoms with Crippen LogP contribution in [0.5, 0.6) is 0 Å². The van der Waals surface area contributed by atoms with Crippen LogP contribution in [0, 0.1) is 0 Å². The van der Waals surface area contributed by atoms with Crippen molar-refractivity contribution >= 4 is 50.4 Å². The second-order valence-corrected chi connectivity index (χ2v) is 13.6. The number of aliphatic imine (C=N–C) groups is 2. The number of aromatic nitrogens is 1. The molecule has 8 aromatic rings. The van der Waals surface area contributed by atoms with E-state index in [0.29, 0.717) is 0 Å². The van der Waals surface area contributed by atoms with Gasteiger partial charge in [0.1, 0.15) is 5.69 Å². The van der Waals surface area contributed by atoms with Gasteiger partial charge in [-0.3, -0.25) is 20.5 Å². The van der Waals surface area contributed by atoms with Crippen molar-refractivity contribution in [3.05, 3.63) is 204 Å². The van der Waals surface area contributed by atoms with Crippen LogP contribution in [0.2, 0.25) is 0 Å². The number of benzene rings is 7. The van der Waals surface area contributed by atoms with Crippen LogP contribution in [0.25, 0.3) is 32.8 Å². The van der Waals surface area contributed by atoms with E-state index in [1.54, 1.807) is 0 Å². The molecule has 6 nitrogen and oxygen atoms in total. The first-order valence-corrected chi connectivity index (χ1v) is 18.1. The Hall–Kier alpha value is -6.73. The fraction of sp³-hybridized carbons (Fsp3) is 0.0426. The first kappa shape index (κ1) is 31.0. The maximum absolute atomic E-state index is 5.13. The molecule has 1 aromatic heterocycles. The molecule has 0 amide bonds. The first-order valence-electron chi connectivity index (χ1n) is 18.1. The molecule has 53 heavy (non-hydrogen) atoms. The Morgan fingerprint density at radius 1 is 0.491 bits per heavy atom. The molecule has 2 aliphatic heterocycles. The molecule has 10 rings (SSSR count). The Morgan fingerprint density at radius 3 is 1.92 bits per heavy atom. The minimum atomic E-state index is -0.154. The normalized spacial score (nSPS) is 16.7. The average Bonchev–Trinajstić information content (AvgIpc) is 3.66. The zero-order chi connectivity index (χ0) is 35.1. The Labute approximate surface area is 307 Å². The summed E-state index contributed by atoms with van der Waals surface area (Å²) in [6.45, 7) is 0. The molecule has 0 saturated heterocycles. The average molecular weight is 685 g/mol. The number of rotatable bonds is 6. The highest BCUT2D eigenvalue weighted by Crippen LogP contribution is 2.48. The lowest BCUT2D eigenvalue weighted by Crippen LogP contribution is -2.90. The number of hydrogen-bond donors (Lipinski definition) is 2. The van der Waals surface area contributed by atoms with Crippen LogP contribution in [0.4, 0.5) is 17.1 Å². The van der Waals surface area contributed by atoms with Crippen LogP contribution >= 0.6 is 0 Å². The number of nitrogens with two attached hydrogens (primary N) is 2. The maximum Gasteiger partial charge on any atom is 0.235 e. The summed E-state index contributed by atoms with van der Waals surface area (Å²) in [5.41, 5.74) is 11.4. The third kappa shape index (κ3) is 5.58. The molecule has 0 fully saturated rings. The highest BCUT2D eigenvalue weighted by molar-refractivity contribution is 6.18. The minimum Gasteiger partial charge on any atom is -0.288 e. The first-order chi connectivity index (χ1) is 26.3. The van der Waals surface area contributed by atoms with Gasteiger partial charge in [0.05, 0.1) is 16.5 Å². The summed E-state index contributed by atoms with van der Waals surface area (Å²) in [5.74, 6) is 1.69. The zero-order valence-electron chi connectivity index (χ0n) is 28.9. The summed E-state index contributed by atoms with van der Waals surface area (Å²) in [7, 11) is 0. The van der Waals surface area contributed by atoms with Crippen molar-refractivity contribution in [2.24, 2.45) is 9.98 Å². The SMILES string of the molecule is c1ccc(C2=NC(c3ccc(-c4cccc(N5c6c(c7cccnc7c7ccccc67)[NH2+]C5c5ccccc5)c4)cc3)[NH2+]C(c3ccccc3)=N2)cc1. The van der Waals surface area contributed by atoms with E-state index >= 15 is 0 Å². The Morgan fingerprint density at radius 2 is 1.15 bits per heavy atom. The number of pyridine rings is 1. The van der Waals surface area contributed by atoms with E-state index in [1.165, 1.54) is 33.1 Å². The summed E-state index contributed by atoms with van der Waals surface area (Å²) in [6, 6.07) is 62.2. The van der Waals surface area contributed by atoms with Crippen molar-refractivity contribution < 1.29 is 10.6 Å². The van der Waals surface area contributed by atoms with E-state index < -0.39 is 0 Å². The van der Waals surface area contributed by atoms with E-state index in [9.17, 15) is 0 Å². The van der Waals surface area contributed by atoms with E-state index in [-0.39, 0.29) is 12.3 Å². The summed E-state index contributed by atoms with van der Waals surface area (Å²) >= 11 is 0. The van der Waals surface area contributed by atoms with Gasteiger partial charge < -0.3 is 0 Å². The summed E-state index contributed by atoms with van der Waals surface area (Å²) in [5, 5.41) is 8.14. The lowest BCUT2D eigenvalue weighted by molar-refractivity contribution is -0.605. The van der Waals surface area contributed by atoms with E-state index in [1.807, 2.05) is 36.5 Å². The fourth-order valence-electron chi connectivity index (χ4n) is 7.86. The highest BCUT2D eigenvalue weighted by atomic mass is 15.3. The predicted molar refractivity (Wildman–Crippen MR) is 215 cm³/mol. The second-order valence-electron chi connectivity index (χ2n) is 13.6. The Kier molecular flexibility index (Phi) is 7.68. The Balaban J connectivity index is 1.04. The van der Waals surface area contributed by atoms with Crippen molar-refractivity contribution in [3.8, 4) is 11.1 Å². The van der Waals surface area contributed by atoms with Gasteiger partial charge in [0.25, 0.3) is 0 Å². The monoisotopic (exact) mass is 684 g/mol. The van der Waals surface area contributed by atoms with Gasteiger partial charge in [-0.2, -0.15) is 4.99 Å². The van der Waals surface area contributed by atoms with Crippen LogP contribution in [0.15, 0.2) is 192 Å². The molecule has 7 aromatic carbocycles. The molecule has 0 radical (unpaired) electrons. The number of hydrogen-bond acceptors (Lipinski definition) is 4. The molecule has 2 unspecified atom stereocenters. The quantitative estimate of drug-likeness (QED) is 0.136. The molecule has 4 N–H and O–H groups in total. The largest absolute Gasteiger partial charge is 0.288 e. The molecule has 3 heterocycles. The highest BCUT2D eigenvalue weighted by Gasteiger charge is 2.39. The summed E-state index contributed by atoms with van der Waals surface area (Å²) < 4.78 is 0. The molecule has 0 aliphatic carbocycles. The van der Waals surface area contributed by atoms with E-state index in [4.69, 9.17) is 15.0 Å². The minimum absolute atomic E-state index is 0.0250. The van der Waals surface area contributed by atoms with Crippen LogP contribution in [0.3, 0.4) is 0 Å². The van der Waals surface area contributed by atoms with Gasteiger partial charge in [-0.25, -0.2) is 4.99 Å². The second kappa shape index (κ2) is 13.1. The van der Waals surface area contributed by atoms with Gasteiger partial charge in [-0.05, 0) is 47.5 Å². The zero-order valence-corrected chi connectivity index (χ0v) is 28.9. The number of fused-ring (bicyclic) bond motifs is 6. The lowest BCUT2D eigenvalue weighted by atomic mass is 10.00. The molecule has 2 aliphatic rings. The van der Waals surface area contributed by atoms with Gasteiger partial charge in [-0.1, -0.05) is 140 Å². The summed E-state index contributed by atoms with van der Waals surface area (Å²) in [6.07, 6.45) is 1.77. The lowest BCUT2D eigenvalue weighted by Gasteiger charge is -2.25. The number of anilines is 2. The standard InChI is InChI=1S/C47H34N6/c1-4-14-32(15-5-1)44-50-45(33-16-6-2-7-17-33)52-46(51-44)34-27-25-31(26-28-34)36-20-12-21-37(30-36)53-43-39-23-11-10-22-38(39)41-40(24-13-29-48-41)42(43)49-47(53)35-18-8-3-9-19-35/h1-30,46-47,49H,(H,50,51,52)/p+2. The molecular formula is C47H36N6+2. The Bertz CT molecular complexity index is 2670. The number of amidine groups is 2. The van der Waals surface area contributed by atoms with Gasteiger partial charge in [0.15, 0.2) is 17.7 Å². The predicted octanol–water partition coefficient (Wildman–Crippen LogP) is 8.57. The smallest absolute Gasteiger partial charge is 0.235 e. The molecule has 252 valence electrons. The number of quaternary nitrogens is 2. The molecule has 0 saturated carbocycles. The van der Waals surface area contributed by atoms with Gasteiger partial charge >= 0.3 is 0 Å². The molecule has 0 bridgehead atoms. The molecule has 0 spiro atoms. The van der Waals surface area contributed by atoms with Crippen molar-refractivity contribution in [3.63, 3.8) is 0 Å². The molecule has 2 atom stereocenters. The van der Waals surface area contributed by atoms with Gasteiger partial charge in [0.2, 0.25) is 12.0 Å². The van der Waals surface area contributed by atoms with Crippen molar-refractivity contribution in [2.75, 3.05) is 4.90 Å². The molecular weight excluding hydrogens is 649 g/mol. The van der Waals surface area contributed by atoms with Gasteiger partial charge in [-0.15, -0.1) is 0 Å². The van der Waals surface area contributed by atoms with Crippen LogP contribution in [0.1, 0.15) is 34.6 Å². The fourth-order valence-corrected chi connectivity index (χ4v) is 7.86. The van der Waals surface area contributed by atoms with E-state index in [2.05, 4.69) is 161 Å².